The van der Waals surface area contributed by atoms with Gasteiger partial charge in [-0.1, -0.05) is 17.7 Å². The van der Waals surface area contributed by atoms with Crippen molar-refractivity contribution in [2.24, 2.45) is 5.10 Å². The third-order valence-corrected chi connectivity index (χ3v) is 6.86. The van der Waals surface area contributed by atoms with E-state index in [0.717, 1.165) is 41.3 Å². The van der Waals surface area contributed by atoms with Gasteiger partial charge in [-0.25, -0.2) is 13.8 Å². The van der Waals surface area contributed by atoms with Crippen LogP contribution in [0.2, 0.25) is 0 Å². The molecule has 0 aromatic heterocycles. The second kappa shape index (κ2) is 9.82. The first-order chi connectivity index (χ1) is 14.8. The normalized spacial score (nSPS) is 13.6. The maximum atomic E-state index is 13.4. The molecule has 0 spiro atoms. The zero-order valence-corrected chi connectivity index (χ0v) is 18.7. The number of hydrogen-bond donors (Lipinski definition) is 1. The summed E-state index contributed by atoms with van der Waals surface area (Å²) in [5.41, 5.74) is 4.63. The number of rotatable bonds is 8. The van der Waals surface area contributed by atoms with Crippen molar-refractivity contribution in [3.05, 3.63) is 48.0 Å². The summed E-state index contributed by atoms with van der Waals surface area (Å²) in [6.07, 6.45) is 3.80. The Hall–Kier alpha value is -3.07. The van der Waals surface area contributed by atoms with E-state index in [9.17, 15) is 13.2 Å². The van der Waals surface area contributed by atoms with Gasteiger partial charge in [-0.2, -0.15) is 5.10 Å². The van der Waals surface area contributed by atoms with Crippen molar-refractivity contribution in [1.82, 2.24) is 5.43 Å². The van der Waals surface area contributed by atoms with Crippen LogP contribution in [0.15, 0.2) is 52.5 Å². The predicted molar refractivity (Wildman–Crippen MR) is 119 cm³/mol. The van der Waals surface area contributed by atoms with Crippen molar-refractivity contribution in [3.63, 3.8) is 0 Å². The number of methoxy groups -OCH3 is 2. The summed E-state index contributed by atoms with van der Waals surface area (Å²) in [7, 11) is -1.06. The fourth-order valence-corrected chi connectivity index (χ4v) is 4.75. The number of nitrogens with one attached hydrogen (secondary N) is 1. The first kappa shape index (κ1) is 22.6. The Labute approximate surface area is 182 Å². The van der Waals surface area contributed by atoms with Crippen LogP contribution in [-0.4, -0.2) is 40.8 Å². The molecule has 1 saturated carbocycles. The van der Waals surface area contributed by atoms with E-state index in [-0.39, 0.29) is 10.6 Å². The number of nitrogens with zero attached hydrogens (tertiary/aromatic N) is 2. The van der Waals surface area contributed by atoms with Crippen molar-refractivity contribution in [1.29, 1.82) is 0 Å². The van der Waals surface area contributed by atoms with Crippen LogP contribution in [-0.2, 0) is 14.8 Å². The number of amides is 1. The summed E-state index contributed by atoms with van der Waals surface area (Å²) in [5.74, 6) is 0.289. The molecule has 0 bridgehead atoms. The maximum absolute atomic E-state index is 13.4. The summed E-state index contributed by atoms with van der Waals surface area (Å²) in [6.45, 7) is 1.45. The number of hydrazone groups is 1. The van der Waals surface area contributed by atoms with Gasteiger partial charge in [-0.15, -0.1) is 0 Å². The molecule has 1 aliphatic rings. The van der Waals surface area contributed by atoms with Gasteiger partial charge in [0.25, 0.3) is 15.9 Å². The van der Waals surface area contributed by atoms with Crippen molar-refractivity contribution in [2.45, 2.75) is 37.5 Å². The summed E-state index contributed by atoms with van der Waals surface area (Å²) >= 11 is 0. The van der Waals surface area contributed by atoms with E-state index in [4.69, 9.17) is 9.47 Å². The molecule has 31 heavy (non-hydrogen) atoms. The number of anilines is 1. The van der Waals surface area contributed by atoms with Gasteiger partial charge in [0, 0.05) is 11.8 Å². The first-order valence-corrected chi connectivity index (χ1v) is 11.4. The minimum atomic E-state index is -4.02. The predicted octanol–water partition coefficient (Wildman–Crippen LogP) is 3.25. The average Bonchev–Trinajstić information content (AvgIpc) is 3.29. The lowest BCUT2D eigenvalue weighted by Crippen LogP contribution is -2.39. The number of aryl methyl sites for hydroxylation is 1. The smallest absolute Gasteiger partial charge is 0.264 e. The molecule has 0 atom stereocenters. The second-order valence-electron chi connectivity index (χ2n) is 7.28. The molecule has 1 amide bonds. The summed E-state index contributed by atoms with van der Waals surface area (Å²) in [4.78, 5) is 12.7. The minimum Gasteiger partial charge on any atom is -0.493 e. The van der Waals surface area contributed by atoms with Gasteiger partial charge in [0.1, 0.15) is 6.54 Å². The quantitative estimate of drug-likeness (QED) is 0.629. The Bertz CT molecular complexity index is 1060. The fourth-order valence-electron chi connectivity index (χ4n) is 3.33. The standard InChI is InChI=1S/C22H27N3O5S/c1-16-8-11-19(12-9-16)31(27,28)25(15-22(26)24-23-17-6-4-5-7-17)18-10-13-20(29-2)21(14-18)30-3/h8-14H,4-7,15H2,1-3H3,(H,24,26). The highest BCUT2D eigenvalue weighted by atomic mass is 32.2. The molecule has 1 fully saturated rings. The average molecular weight is 446 g/mol. The van der Waals surface area contributed by atoms with Gasteiger partial charge in [-0.3, -0.25) is 9.10 Å². The van der Waals surface area contributed by atoms with E-state index in [0.29, 0.717) is 11.5 Å². The van der Waals surface area contributed by atoms with Gasteiger partial charge in [-0.05, 0) is 56.9 Å². The minimum absolute atomic E-state index is 0.0859. The molecule has 9 heteroatoms. The van der Waals surface area contributed by atoms with Crippen LogP contribution in [0.5, 0.6) is 11.5 Å². The van der Waals surface area contributed by atoms with Crippen LogP contribution < -0.4 is 19.2 Å². The molecular weight excluding hydrogens is 418 g/mol. The number of benzene rings is 2. The molecule has 1 N–H and O–H groups in total. The van der Waals surface area contributed by atoms with Crippen molar-refractivity contribution in [3.8, 4) is 11.5 Å². The van der Waals surface area contributed by atoms with E-state index in [1.807, 2.05) is 6.92 Å². The van der Waals surface area contributed by atoms with Crippen LogP contribution in [0.25, 0.3) is 0 Å². The van der Waals surface area contributed by atoms with Crippen LogP contribution in [0, 0.1) is 6.92 Å². The zero-order chi connectivity index (χ0) is 22.4. The van der Waals surface area contributed by atoms with Crippen molar-refractivity contribution < 1.29 is 22.7 Å². The first-order valence-electron chi connectivity index (χ1n) is 10.0. The Kier molecular flexibility index (Phi) is 7.17. The van der Waals surface area contributed by atoms with E-state index in [1.54, 1.807) is 24.3 Å². The Morgan fingerprint density at radius 2 is 1.68 bits per heavy atom. The third-order valence-electron chi connectivity index (χ3n) is 5.07. The van der Waals surface area contributed by atoms with E-state index < -0.39 is 22.5 Å². The van der Waals surface area contributed by atoms with Crippen molar-refractivity contribution >= 4 is 27.3 Å². The second-order valence-corrected chi connectivity index (χ2v) is 9.15. The molecule has 166 valence electrons. The van der Waals surface area contributed by atoms with Crippen LogP contribution >= 0.6 is 0 Å². The van der Waals surface area contributed by atoms with Gasteiger partial charge < -0.3 is 9.47 Å². The van der Waals surface area contributed by atoms with Gasteiger partial charge >= 0.3 is 0 Å². The van der Waals surface area contributed by atoms with Crippen LogP contribution in [0.1, 0.15) is 31.2 Å². The summed E-state index contributed by atoms with van der Waals surface area (Å²) in [5, 5.41) is 4.15. The lowest BCUT2D eigenvalue weighted by atomic mass is 10.2. The number of ether oxygens (including phenoxy) is 2. The van der Waals surface area contributed by atoms with E-state index in [2.05, 4.69) is 10.5 Å². The number of hydrogen-bond acceptors (Lipinski definition) is 6. The maximum Gasteiger partial charge on any atom is 0.264 e. The molecule has 0 radical (unpaired) electrons. The van der Waals surface area contributed by atoms with Crippen molar-refractivity contribution in [2.75, 3.05) is 25.1 Å². The van der Waals surface area contributed by atoms with Crippen LogP contribution in [0.4, 0.5) is 5.69 Å². The van der Waals surface area contributed by atoms with E-state index >= 15 is 0 Å². The molecule has 0 unspecified atom stereocenters. The van der Waals surface area contributed by atoms with Gasteiger partial charge in [0.05, 0.1) is 24.8 Å². The summed E-state index contributed by atoms with van der Waals surface area (Å²) < 4.78 is 38.5. The molecule has 1 aliphatic carbocycles. The van der Waals surface area contributed by atoms with Crippen LogP contribution in [0.3, 0.4) is 0 Å². The summed E-state index contributed by atoms with van der Waals surface area (Å²) in [6, 6.07) is 11.2. The number of carbonyl (C=O) groups is 1. The molecule has 0 heterocycles. The number of carbonyl (C=O) groups excluding carboxylic acids is 1. The lowest BCUT2D eigenvalue weighted by molar-refractivity contribution is -0.119. The Morgan fingerprint density at radius 1 is 1.03 bits per heavy atom. The molecule has 3 rings (SSSR count). The zero-order valence-electron chi connectivity index (χ0n) is 17.9. The van der Waals surface area contributed by atoms with Gasteiger partial charge in [0.15, 0.2) is 11.5 Å². The van der Waals surface area contributed by atoms with E-state index in [1.165, 1.54) is 32.4 Å². The lowest BCUT2D eigenvalue weighted by Gasteiger charge is -2.24. The molecule has 0 saturated heterocycles. The highest BCUT2D eigenvalue weighted by Gasteiger charge is 2.28. The molecular formula is C22H27N3O5S. The Balaban J connectivity index is 1.96. The SMILES string of the molecule is COc1ccc(N(CC(=O)NN=C2CCCC2)S(=O)(=O)c2ccc(C)cc2)cc1OC. The molecule has 2 aromatic rings. The van der Waals surface area contributed by atoms with Gasteiger partial charge in [0.2, 0.25) is 0 Å². The number of sulfonamides is 1. The largest absolute Gasteiger partial charge is 0.493 e. The molecule has 8 nitrogen and oxygen atoms in total. The molecule has 0 aliphatic heterocycles. The highest BCUT2D eigenvalue weighted by Crippen LogP contribution is 2.33. The monoisotopic (exact) mass is 445 g/mol. The third kappa shape index (κ3) is 5.35. The topological polar surface area (TPSA) is 97.3 Å². The fraction of sp³-hybridized carbons (Fsp3) is 0.364. The molecule has 2 aromatic carbocycles. The highest BCUT2D eigenvalue weighted by molar-refractivity contribution is 7.92. The Morgan fingerprint density at radius 3 is 2.29 bits per heavy atom.